The standard InChI is InChI=1S/C12H12FNO2/c1-2-3-4-8-14-12(16)11-9(13)6-5-7-10(11)15/h1,5-7,15H,3-4,8H2,(H,14,16). The normalized spacial score (nSPS) is 9.50. The van der Waals surface area contributed by atoms with Crippen molar-refractivity contribution in [2.75, 3.05) is 6.54 Å². The minimum absolute atomic E-state index is 0.330. The van der Waals surface area contributed by atoms with Gasteiger partial charge in [0.1, 0.15) is 17.1 Å². The lowest BCUT2D eigenvalue weighted by atomic mass is 10.1. The van der Waals surface area contributed by atoms with E-state index in [-0.39, 0.29) is 11.3 Å². The summed E-state index contributed by atoms with van der Waals surface area (Å²) in [6, 6.07) is 3.72. The van der Waals surface area contributed by atoms with Crippen molar-refractivity contribution in [3.05, 3.63) is 29.6 Å². The van der Waals surface area contributed by atoms with Gasteiger partial charge < -0.3 is 10.4 Å². The minimum atomic E-state index is -0.741. The van der Waals surface area contributed by atoms with Crippen LogP contribution in [0.3, 0.4) is 0 Å². The summed E-state index contributed by atoms with van der Waals surface area (Å²) in [6.07, 6.45) is 6.21. The van der Waals surface area contributed by atoms with E-state index in [2.05, 4.69) is 11.2 Å². The molecule has 0 radical (unpaired) electrons. The van der Waals surface area contributed by atoms with E-state index < -0.39 is 11.7 Å². The third-order valence-electron chi connectivity index (χ3n) is 2.00. The Kier molecular flexibility index (Phi) is 4.34. The quantitative estimate of drug-likeness (QED) is 0.600. The van der Waals surface area contributed by atoms with Gasteiger partial charge >= 0.3 is 0 Å². The van der Waals surface area contributed by atoms with Crippen LogP contribution in [-0.2, 0) is 0 Å². The second-order valence-corrected chi connectivity index (χ2v) is 3.20. The molecule has 0 heterocycles. The topological polar surface area (TPSA) is 49.3 Å². The molecule has 0 unspecified atom stereocenters. The molecule has 0 aromatic heterocycles. The average molecular weight is 221 g/mol. The van der Waals surface area contributed by atoms with E-state index in [4.69, 9.17) is 6.42 Å². The van der Waals surface area contributed by atoms with E-state index in [1.54, 1.807) is 0 Å². The van der Waals surface area contributed by atoms with Gasteiger partial charge in [-0.3, -0.25) is 4.79 Å². The SMILES string of the molecule is C#CCCCNC(=O)c1c(O)cccc1F. The molecule has 0 aliphatic heterocycles. The Morgan fingerprint density at radius 1 is 1.56 bits per heavy atom. The zero-order valence-electron chi connectivity index (χ0n) is 8.66. The molecular weight excluding hydrogens is 209 g/mol. The second-order valence-electron chi connectivity index (χ2n) is 3.20. The summed E-state index contributed by atoms with van der Waals surface area (Å²) < 4.78 is 13.2. The van der Waals surface area contributed by atoms with Gasteiger partial charge in [0.05, 0.1) is 0 Å². The van der Waals surface area contributed by atoms with Crippen molar-refractivity contribution in [2.45, 2.75) is 12.8 Å². The first-order valence-corrected chi connectivity index (χ1v) is 4.86. The number of aromatic hydroxyl groups is 1. The maximum absolute atomic E-state index is 13.2. The molecule has 0 aliphatic carbocycles. The Bertz CT molecular complexity index is 403. The highest BCUT2D eigenvalue weighted by molar-refractivity contribution is 5.97. The molecule has 0 spiro atoms. The summed E-state index contributed by atoms with van der Waals surface area (Å²) in [5.74, 6) is 0.690. The Labute approximate surface area is 93.3 Å². The third-order valence-corrected chi connectivity index (χ3v) is 2.00. The van der Waals surface area contributed by atoms with E-state index in [0.29, 0.717) is 19.4 Å². The molecule has 0 saturated carbocycles. The van der Waals surface area contributed by atoms with E-state index in [1.807, 2.05) is 0 Å². The van der Waals surface area contributed by atoms with Crippen LogP contribution in [-0.4, -0.2) is 17.6 Å². The molecule has 3 nitrogen and oxygen atoms in total. The molecule has 2 N–H and O–H groups in total. The summed E-state index contributed by atoms with van der Waals surface area (Å²) >= 11 is 0. The van der Waals surface area contributed by atoms with Crippen molar-refractivity contribution < 1.29 is 14.3 Å². The van der Waals surface area contributed by atoms with Crippen molar-refractivity contribution in [3.8, 4) is 18.1 Å². The molecule has 0 fully saturated rings. The number of carbonyl (C=O) groups excluding carboxylic acids is 1. The molecule has 1 amide bonds. The Hall–Kier alpha value is -2.02. The number of benzene rings is 1. The van der Waals surface area contributed by atoms with E-state index in [0.717, 1.165) is 6.07 Å². The number of rotatable bonds is 4. The molecule has 0 saturated heterocycles. The third kappa shape index (κ3) is 2.99. The number of phenols is 1. The lowest BCUT2D eigenvalue weighted by Gasteiger charge is -2.06. The van der Waals surface area contributed by atoms with Crippen LogP contribution in [0.15, 0.2) is 18.2 Å². The van der Waals surface area contributed by atoms with E-state index in [1.165, 1.54) is 12.1 Å². The predicted octanol–water partition coefficient (Wildman–Crippen LogP) is 1.67. The maximum atomic E-state index is 13.2. The molecule has 0 bridgehead atoms. The van der Waals surface area contributed by atoms with Crippen LogP contribution in [0.1, 0.15) is 23.2 Å². The van der Waals surface area contributed by atoms with Crippen LogP contribution in [0.2, 0.25) is 0 Å². The van der Waals surface area contributed by atoms with Crippen molar-refractivity contribution in [3.63, 3.8) is 0 Å². The first-order valence-electron chi connectivity index (χ1n) is 4.86. The Morgan fingerprint density at radius 2 is 2.31 bits per heavy atom. The van der Waals surface area contributed by atoms with Gasteiger partial charge in [0.2, 0.25) is 0 Å². The van der Waals surface area contributed by atoms with Gasteiger partial charge in [-0.2, -0.15) is 0 Å². The molecule has 1 rings (SSSR count). The molecule has 1 aromatic carbocycles. The monoisotopic (exact) mass is 221 g/mol. The molecule has 0 aliphatic rings. The summed E-state index contributed by atoms with van der Waals surface area (Å²) in [5, 5.41) is 11.8. The van der Waals surface area contributed by atoms with Gasteiger partial charge in [-0.1, -0.05) is 6.07 Å². The first kappa shape index (κ1) is 12.1. The zero-order valence-corrected chi connectivity index (χ0v) is 8.66. The van der Waals surface area contributed by atoms with Crippen molar-refractivity contribution >= 4 is 5.91 Å². The Morgan fingerprint density at radius 3 is 2.94 bits per heavy atom. The summed E-state index contributed by atoms with van der Waals surface area (Å²) in [7, 11) is 0. The van der Waals surface area contributed by atoms with Gasteiger partial charge in [-0.05, 0) is 18.6 Å². The average Bonchev–Trinajstić information content (AvgIpc) is 2.24. The first-order chi connectivity index (χ1) is 7.66. The van der Waals surface area contributed by atoms with Gasteiger partial charge in [-0.25, -0.2) is 4.39 Å². The van der Waals surface area contributed by atoms with Gasteiger partial charge in [0.25, 0.3) is 5.91 Å². The number of unbranched alkanes of at least 4 members (excludes halogenated alkanes) is 1. The summed E-state index contributed by atoms with van der Waals surface area (Å²) in [4.78, 5) is 11.5. The maximum Gasteiger partial charge on any atom is 0.258 e. The molecular formula is C12H12FNO2. The smallest absolute Gasteiger partial charge is 0.258 e. The highest BCUT2D eigenvalue weighted by Crippen LogP contribution is 2.19. The number of terminal acetylenes is 1. The fourth-order valence-corrected chi connectivity index (χ4v) is 1.22. The lowest BCUT2D eigenvalue weighted by Crippen LogP contribution is -2.25. The number of amides is 1. The largest absolute Gasteiger partial charge is 0.507 e. The zero-order chi connectivity index (χ0) is 12.0. The number of phenolic OH excluding ortho intramolecular Hbond substituents is 1. The van der Waals surface area contributed by atoms with Gasteiger partial charge in [0.15, 0.2) is 0 Å². The molecule has 0 atom stereocenters. The van der Waals surface area contributed by atoms with Crippen LogP contribution in [0.5, 0.6) is 5.75 Å². The summed E-state index contributed by atoms with van der Waals surface area (Å²) in [5.41, 5.74) is -0.330. The molecule has 84 valence electrons. The number of hydrogen-bond donors (Lipinski definition) is 2. The highest BCUT2D eigenvalue weighted by Gasteiger charge is 2.15. The Balaban J connectivity index is 2.63. The van der Waals surface area contributed by atoms with Gasteiger partial charge in [-0.15, -0.1) is 12.3 Å². The number of carbonyl (C=O) groups is 1. The number of hydrogen-bond acceptors (Lipinski definition) is 2. The minimum Gasteiger partial charge on any atom is -0.507 e. The second kappa shape index (κ2) is 5.76. The van der Waals surface area contributed by atoms with Crippen molar-refractivity contribution in [2.24, 2.45) is 0 Å². The molecule has 1 aromatic rings. The predicted molar refractivity (Wildman–Crippen MR) is 58.5 cm³/mol. The van der Waals surface area contributed by atoms with Crippen LogP contribution in [0.25, 0.3) is 0 Å². The lowest BCUT2D eigenvalue weighted by molar-refractivity contribution is 0.0946. The fraction of sp³-hybridized carbons (Fsp3) is 0.250. The highest BCUT2D eigenvalue weighted by atomic mass is 19.1. The van der Waals surface area contributed by atoms with Crippen LogP contribution >= 0.6 is 0 Å². The van der Waals surface area contributed by atoms with Crippen LogP contribution in [0.4, 0.5) is 4.39 Å². The van der Waals surface area contributed by atoms with E-state index >= 15 is 0 Å². The number of halogens is 1. The fourth-order valence-electron chi connectivity index (χ4n) is 1.22. The van der Waals surface area contributed by atoms with Gasteiger partial charge in [0, 0.05) is 13.0 Å². The molecule has 4 heteroatoms. The van der Waals surface area contributed by atoms with Crippen molar-refractivity contribution in [1.29, 1.82) is 0 Å². The number of nitrogens with one attached hydrogen (secondary N) is 1. The summed E-state index contributed by atoms with van der Waals surface area (Å²) in [6.45, 7) is 0.358. The van der Waals surface area contributed by atoms with Crippen molar-refractivity contribution in [1.82, 2.24) is 5.32 Å². The van der Waals surface area contributed by atoms with E-state index in [9.17, 15) is 14.3 Å². The van der Waals surface area contributed by atoms with Crippen LogP contribution in [0, 0.1) is 18.2 Å². The van der Waals surface area contributed by atoms with Crippen LogP contribution < -0.4 is 5.32 Å². The molecule has 16 heavy (non-hydrogen) atoms.